The van der Waals surface area contributed by atoms with Gasteiger partial charge in [0.25, 0.3) is 0 Å². The average Bonchev–Trinajstić information content (AvgIpc) is 2.86. The lowest BCUT2D eigenvalue weighted by Gasteiger charge is -2.07. The maximum atomic E-state index is 3.54. The third-order valence-electron chi connectivity index (χ3n) is 2.42. The molecule has 0 aromatic rings. The molecule has 1 aliphatic rings. The van der Waals surface area contributed by atoms with Crippen LogP contribution in [0, 0.1) is 0 Å². The van der Waals surface area contributed by atoms with Crippen molar-refractivity contribution in [3.05, 3.63) is 0 Å². The lowest BCUT2D eigenvalue weighted by molar-refractivity contribution is 0.536. The summed E-state index contributed by atoms with van der Waals surface area (Å²) in [6, 6.07) is 1.53. The second-order valence-corrected chi connectivity index (χ2v) is 4.40. The molecule has 0 bridgehead atoms. The van der Waals surface area contributed by atoms with E-state index in [1.165, 1.54) is 45.2 Å². The van der Waals surface area contributed by atoms with Crippen molar-refractivity contribution in [1.82, 2.24) is 10.6 Å². The van der Waals surface area contributed by atoms with E-state index in [-0.39, 0.29) is 0 Å². The lowest BCUT2D eigenvalue weighted by Crippen LogP contribution is -2.24. The molecule has 0 saturated heterocycles. The van der Waals surface area contributed by atoms with Gasteiger partial charge in [-0.15, -0.1) is 0 Å². The molecule has 1 saturated carbocycles. The molecule has 0 radical (unpaired) electrons. The maximum Gasteiger partial charge on any atom is 0.00682 e. The van der Waals surface area contributed by atoms with E-state index in [1.54, 1.807) is 0 Å². The number of hydrogen-bond acceptors (Lipinski definition) is 2. The zero-order valence-electron chi connectivity index (χ0n) is 9.10. The summed E-state index contributed by atoms with van der Waals surface area (Å²) in [6.07, 6.45) is 6.85. The quantitative estimate of drug-likeness (QED) is 0.563. The Hall–Kier alpha value is -0.0800. The topological polar surface area (TPSA) is 24.1 Å². The average molecular weight is 184 g/mol. The van der Waals surface area contributed by atoms with Crippen LogP contribution in [0.1, 0.15) is 46.0 Å². The van der Waals surface area contributed by atoms with Crippen molar-refractivity contribution >= 4 is 0 Å². The Morgan fingerprint density at radius 3 is 2.38 bits per heavy atom. The lowest BCUT2D eigenvalue weighted by atomic mass is 10.2. The summed E-state index contributed by atoms with van der Waals surface area (Å²) in [6.45, 7) is 6.82. The Morgan fingerprint density at radius 2 is 1.77 bits per heavy atom. The van der Waals surface area contributed by atoms with Gasteiger partial charge < -0.3 is 10.6 Å². The molecule has 1 rings (SSSR count). The van der Waals surface area contributed by atoms with Crippen LogP contribution < -0.4 is 10.6 Å². The van der Waals surface area contributed by atoms with Gasteiger partial charge in [-0.3, -0.25) is 0 Å². The van der Waals surface area contributed by atoms with Crippen molar-refractivity contribution < 1.29 is 0 Å². The maximum absolute atomic E-state index is 3.54. The molecule has 2 N–H and O–H groups in total. The molecule has 0 aromatic heterocycles. The molecule has 0 aromatic carbocycles. The van der Waals surface area contributed by atoms with Gasteiger partial charge in [0.05, 0.1) is 0 Å². The first-order chi connectivity index (χ1) is 6.29. The van der Waals surface area contributed by atoms with E-state index in [0.717, 1.165) is 6.04 Å². The summed E-state index contributed by atoms with van der Waals surface area (Å²) in [7, 11) is 0. The molecule has 0 amide bonds. The van der Waals surface area contributed by atoms with Gasteiger partial charge in [0.1, 0.15) is 0 Å². The molecule has 0 spiro atoms. The van der Waals surface area contributed by atoms with E-state index >= 15 is 0 Å². The number of nitrogens with one attached hydrogen (secondary N) is 2. The molecule has 0 aliphatic heterocycles. The standard InChI is InChI=1S/C11H24N2/c1-10(2)12-8-4-3-5-9-13-11-6-7-11/h10-13H,3-9H2,1-2H3. The molecule has 78 valence electrons. The van der Waals surface area contributed by atoms with Crippen LogP contribution in [-0.4, -0.2) is 25.2 Å². The minimum Gasteiger partial charge on any atom is -0.315 e. The normalized spacial score (nSPS) is 16.8. The van der Waals surface area contributed by atoms with Crippen LogP contribution >= 0.6 is 0 Å². The first-order valence-corrected chi connectivity index (χ1v) is 5.76. The van der Waals surface area contributed by atoms with Crippen LogP contribution in [-0.2, 0) is 0 Å². The molecule has 0 unspecified atom stereocenters. The van der Waals surface area contributed by atoms with Crippen molar-refractivity contribution in [2.75, 3.05) is 13.1 Å². The van der Waals surface area contributed by atoms with Gasteiger partial charge in [0.15, 0.2) is 0 Å². The summed E-state index contributed by atoms with van der Waals surface area (Å²) in [5, 5.41) is 6.97. The first-order valence-electron chi connectivity index (χ1n) is 5.76. The highest BCUT2D eigenvalue weighted by molar-refractivity contribution is 4.80. The van der Waals surface area contributed by atoms with E-state index in [9.17, 15) is 0 Å². The van der Waals surface area contributed by atoms with Crippen molar-refractivity contribution in [1.29, 1.82) is 0 Å². The third-order valence-corrected chi connectivity index (χ3v) is 2.42. The number of hydrogen-bond donors (Lipinski definition) is 2. The number of rotatable bonds is 8. The van der Waals surface area contributed by atoms with E-state index in [4.69, 9.17) is 0 Å². The predicted molar refractivity (Wildman–Crippen MR) is 58.0 cm³/mol. The Balaban J connectivity index is 1.68. The van der Waals surface area contributed by atoms with E-state index in [0.29, 0.717) is 6.04 Å². The molecule has 2 nitrogen and oxygen atoms in total. The van der Waals surface area contributed by atoms with Crippen LogP contribution in [0.15, 0.2) is 0 Å². The van der Waals surface area contributed by atoms with Crippen molar-refractivity contribution in [3.63, 3.8) is 0 Å². The summed E-state index contributed by atoms with van der Waals surface area (Å²) in [5.41, 5.74) is 0. The number of unbranched alkanes of at least 4 members (excludes halogenated alkanes) is 2. The largest absolute Gasteiger partial charge is 0.315 e. The molecule has 1 fully saturated rings. The molecule has 0 heterocycles. The highest BCUT2D eigenvalue weighted by Gasteiger charge is 2.19. The Bertz CT molecular complexity index is 113. The van der Waals surface area contributed by atoms with Crippen LogP contribution in [0.5, 0.6) is 0 Å². The smallest absolute Gasteiger partial charge is 0.00682 e. The summed E-state index contributed by atoms with van der Waals surface area (Å²) >= 11 is 0. The minimum absolute atomic E-state index is 0.643. The highest BCUT2D eigenvalue weighted by atomic mass is 14.9. The SMILES string of the molecule is CC(C)NCCCCCNC1CC1. The van der Waals surface area contributed by atoms with Crippen molar-refractivity contribution in [3.8, 4) is 0 Å². The van der Waals surface area contributed by atoms with Gasteiger partial charge in [0, 0.05) is 12.1 Å². The minimum atomic E-state index is 0.643. The fourth-order valence-electron chi connectivity index (χ4n) is 1.41. The zero-order chi connectivity index (χ0) is 9.52. The summed E-state index contributed by atoms with van der Waals surface area (Å²) < 4.78 is 0. The van der Waals surface area contributed by atoms with Gasteiger partial charge in [-0.05, 0) is 38.8 Å². The highest BCUT2D eigenvalue weighted by Crippen LogP contribution is 2.18. The zero-order valence-corrected chi connectivity index (χ0v) is 9.10. The van der Waals surface area contributed by atoms with E-state index in [2.05, 4.69) is 24.5 Å². The van der Waals surface area contributed by atoms with Gasteiger partial charge in [0.2, 0.25) is 0 Å². The third kappa shape index (κ3) is 7.03. The summed E-state index contributed by atoms with van der Waals surface area (Å²) in [5.74, 6) is 0. The fourth-order valence-corrected chi connectivity index (χ4v) is 1.41. The van der Waals surface area contributed by atoms with Crippen molar-refractivity contribution in [2.45, 2.75) is 58.0 Å². The predicted octanol–water partition coefficient (Wildman–Crippen LogP) is 1.91. The van der Waals surface area contributed by atoms with Gasteiger partial charge in [-0.25, -0.2) is 0 Å². The van der Waals surface area contributed by atoms with Crippen LogP contribution in [0.4, 0.5) is 0 Å². The Kier molecular flexibility index (Phi) is 5.40. The monoisotopic (exact) mass is 184 g/mol. The van der Waals surface area contributed by atoms with Gasteiger partial charge in [-0.2, -0.15) is 0 Å². The Morgan fingerprint density at radius 1 is 1.08 bits per heavy atom. The molecule has 2 heteroatoms. The fraction of sp³-hybridized carbons (Fsp3) is 1.00. The van der Waals surface area contributed by atoms with Crippen LogP contribution in [0.3, 0.4) is 0 Å². The van der Waals surface area contributed by atoms with Gasteiger partial charge >= 0.3 is 0 Å². The second kappa shape index (κ2) is 6.39. The summed E-state index contributed by atoms with van der Waals surface area (Å²) in [4.78, 5) is 0. The van der Waals surface area contributed by atoms with E-state index in [1.807, 2.05) is 0 Å². The molecule has 13 heavy (non-hydrogen) atoms. The van der Waals surface area contributed by atoms with Crippen LogP contribution in [0.2, 0.25) is 0 Å². The second-order valence-electron chi connectivity index (χ2n) is 4.40. The Labute approximate surface area is 82.5 Å². The molecular weight excluding hydrogens is 160 g/mol. The molecular formula is C11H24N2. The van der Waals surface area contributed by atoms with E-state index < -0.39 is 0 Å². The van der Waals surface area contributed by atoms with Crippen LogP contribution in [0.25, 0.3) is 0 Å². The van der Waals surface area contributed by atoms with Crippen molar-refractivity contribution in [2.24, 2.45) is 0 Å². The van der Waals surface area contributed by atoms with Gasteiger partial charge in [-0.1, -0.05) is 20.3 Å². The first kappa shape index (κ1) is 11.0. The molecule has 1 aliphatic carbocycles. The molecule has 0 atom stereocenters.